The van der Waals surface area contributed by atoms with E-state index in [-0.39, 0.29) is 24.6 Å². The van der Waals surface area contributed by atoms with Crippen molar-refractivity contribution in [3.8, 4) is 0 Å². The molecule has 0 amide bonds. The van der Waals surface area contributed by atoms with Crippen LogP contribution in [0.4, 0.5) is 0 Å². The Labute approximate surface area is 283 Å². The van der Waals surface area contributed by atoms with Gasteiger partial charge in [-0.15, -0.1) is 0 Å². The molecule has 4 nitrogen and oxygen atoms in total. The molecule has 6 heteroatoms. The first-order chi connectivity index (χ1) is 23.3. The van der Waals surface area contributed by atoms with Crippen LogP contribution >= 0.6 is 14.3 Å². The molecule has 6 aromatic rings. The molecule has 0 fully saturated rings. The molecule has 6 aromatic carbocycles. The quantitative estimate of drug-likeness (QED) is 0.122. The van der Waals surface area contributed by atoms with E-state index in [1.165, 1.54) is 0 Å². The Morgan fingerprint density at radius 3 is 0.792 bits per heavy atom. The summed E-state index contributed by atoms with van der Waals surface area (Å²) in [6.07, 6.45) is -0.00141. The van der Waals surface area contributed by atoms with Crippen molar-refractivity contribution in [1.29, 1.82) is 0 Å². The monoisotopic (exact) mass is 670 g/mol. The van der Waals surface area contributed by atoms with Crippen LogP contribution in [0.25, 0.3) is 0 Å². The van der Waals surface area contributed by atoms with Crippen molar-refractivity contribution in [1.82, 2.24) is 0 Å². The lowest BCUT2D eigenvalue weighted by Gasteiger charge is -2.36. The fourth-order valence-corrected chi connectivity index (χ4v) is 14.0. The molecule has 2 unspecified atom stereocenters. The van der Waals surface area contributed by atoms with Crippen molar-refractivity contribution < 1.29 is 19.3 Å². The van der Waals surface area contributed by atoms with Crippen molar-refractivity contribution >= 4 is 24.9 Å². The van der Waals surface area contributed by atoms with Crippen LogP contribution in [0.3, 0.4) is 0 Å². The highest BCUT2D eigenvalue weighted by Crippen LogP contribution is 2.57. The highest BCUT2D eigenvalue weighted by Gasteiger charge is 2.44. The Kier molecular flexibility index (Phi) is 10.1. The van der Waals surface area contributed by atoms with E-state index in [0.717, 1.165) is 0 Å². The van der Waals surface area contributed by atoms with Crippen molar-refractivity contribution in [2.45, 2.75) is 11.2 Å². The molecule has 0 aromatic heterocycles. The maximum Gasteiger partial charge on any atom is 0.122 e. The first-order valence-corrected chi connectivity index (χ1v) is 20.4. The molecule has 0 aliphatic heterocycles. The number of rotatable bonds is 13. The van der Waals surface area contributed by atoms with Crippen LogP contribution in [0.15, 0.2) is 182 Å². The average Bonchev–Trinajstić information content (AvgIpc) is 3.16. The van der Waals surface area contributed by atoms with Gasteiger partial charge in [-0.1, -0.05) is 182 Å². The fraction of sp³-hybridized carbons (Fsp3) is 0.143. The summed E-state index contributed by atoms with van der Waals surface area (Å²) in [6.45, 7) is 0. The molecule has 0 spiro atoms. The zero-order valence-corrected chi connectivity index (χ0v) is 28.5. The zero-order valence-electron chi connectivity index (χ0n) is 26.8. The van der Waals surface area contributed by atoms with Crippen molar-refractivity contribution in [2.24, 2.45) is 0 Å². The molecule has 6 rings (SSSR count). The van der Waals surface area contributed by atoms with Gasteiger partial charge < -0.3 is 19.3 Å². The second-order valence-electron chi connectivity index (χ2n) is 12.4. The van der Waals surface area contributed by atoms with Gasteiger partial charge in [0.15, 0.2) is 0 Å². The molecule has 0 saturated heterocycles. The summed E-state index contributed by atoms with van der Waals surface area (Å²) in [4.78, 5) is 0. The molecule has 0 aliphatic carbocycles. The Bertz CT molecular complexity index is 1760. The molecular formula is C42H40O4P2. The van der Waals surface area contributed by atoms with Crippen LogP contribution in [0, 0.1) is 0 Å². The Hall–Kier alpha value is -4.30. The van der Waals surface area contributed by atoms with E-state index in [4.69, 9.17) is 0 Å². The van der Waals surface area contributed by atoms with E-state index in [1.807, 2.05) is 182 Å². The lowest BCUT2D eigenvalue weighted by molar-refractivity contribution is 0.104. The summed E-state index contributed by atoms with van der Waals surface area (Å²) >= 11 is 0. The van der Waals surface area contributed by atoms with Gasteiger partial charge in [0, 0.05) is 35.3 Å². The summed E-state index contributed by atoms with van der Waals surface area (Å²) in [6, 6.07) is 55.9. The third kappa shape index (κ3) is 7.09. The second kappa shape index (κ2) is 14.4. The maximum atomic E-state index is 15.6. The van der Waals surface area contributed by atoms with Crippen LogP contribution < -0.4 is 10.6 Å². The topological polar surface area (TPSA) is 74.6 Å². The predicted molar refractivity (Wildman–Crippen MR) is 199 cm³/mol. The zero-order chi connectivity index (χ0) is 33.5. The SMILES string of the molecule is O=P(CCP(=O)(CC(O)(c1ccccc1)c1ccccc1)c1ccccc1)(CC(O)(c1ccccc1)c1ccccc1)c1ccccc1. The van der Waals surface area contributed by atoms with Crippen LogP contribution in [0.1, 0.15) is 22.3 Å². The van der Waals surface area contributed by atoms with Gasteiger partial charge in [-0.05, 0) is 22.3 Å². The van der Waals surface area contributed by atoms with E-state index in [0.29, 0.717) is 32.9 Å². The van der Waals surface area contributed by atoms with E-state index >= 15 is 9.13 Å². The summed E-state index contributed by atoms with van der Waals surface area (Å²) < 4.78 is 31.2. The van der Waals surface area contributed by atoms with Crippen molar-refractivity contribution in [3.63, 3.8) is 0 Å². The lowest BCUT2D eigenvalue weighted by atomic mass is 9.88. The van der Waals surface area contributed by atoms with Crippen LogP contribution in [0.5, 0.6) is 0 Å². The third-order valence-electron chi connectivity index (χ3n) is 9.25. The third-order valence-corrected chi connectivity index (χ3v) is 15.9. The van der Waals surface area contributed by atoms with Gasteiger partial charge in [-0.2, -0.15) is 0 Å². The first kappa shape index (κ1) is 33.6. The Morgan fingerprint density at radius 2 is 0.562 bits per heavy atom. The van der Waals surface area contributed by atoms with E-state index < -0.39 is 25.5 Å². The highest BCUT2D eigenvalue weighted by molar-refractivity contribution is 7.75. The van der Waals surface area contributed by atoms with Gasteiger partial charge in [-0.25, -0.2) is 0 Å². The fourth-order valence-electron chi connectivity index (χ4n) is 6.61. The van der Waals surface area contributed by atoms with Gasteiger partial charge >= 0.3 is 0 Å². The highest BCUT2D eigenvalue weighted by atomic mass is 31.2. The molecular weight excluding hydrogens is 630 g/mol. The van der Waals surface area contributed by atoms with Gasteiger partial charge in [0.1, 0.15) is 25.5 Å². The summed E-state index contributed by atoms with van der Waals surface area (Å²) in [5, 5.41) is 26.4. The molecule has 48 heavy (non-hydrogen) atoms. The van der Waals surface area contributed by atoms with Gasteiger partial charge in [0.05, 0.1) is 0 Å². The number of aliphatic hydroxyl groups is 2. The minimum atomic E-state index is -3.45. The predicted octanol–water partition coefficient (Wildman–Crippen LogP) is 8.24. The molecule has 2 atom stereocenters. The molecule has 0 bridgehead atoms. The lowest BCUT2D eigenvalue weighted by Crippen LogP contribution is -2.36. The van der Waals surface area contributed by atoms with E-state index in [2.05, 4.69) is 0 Å². The molecule has 2 N–H and O–H groups in total. The molecule has 0 saturated carbocycles. The number of benzene rings is 6. The van der Waals surface area contributed by atoms with Crippen LogP contribution in [-0.2, 0) is 20.3 Å². The smallest absolute Gasteiger partial charge is 0.122 e. The average molecular weight is 671 g/mol. The van der Waals surface area contributed by atoms with Gasteiger partial charge in [-0.3, -0.25) is 0 Å². The van der Waals surface area contributed by atoms with E-state index in [1.54, 1.807) is 0 Å². The Balaban J connectivity index is 1.45. The van der Waals surface area contributed by atoms with Crippen LogP contribution in [0.2, 0.25) is 0 Å². The summed E-state index contributed by atoms with van der Waals surface area (Å²) in [5.41, 5.74) is -0.580. The normalized spacial score (nSPS) is 14.5. The minimum Gasteiger partial charge on any atom is -0.380 e. The maximum absolute atomic E-state index is 15.6. The minimum absolute atomic E-state index is 0.0742. The van der Waals surface area contributed by atoms with E-state index in [9.17, 15) is 10.2 Å². The standard InChI is InChI=1S/C42H40O4P2/c43-41(35-19-7-1-8-20-35,36-21-9-2-10-22-36)33-47(45,39-27-15-5-16-28-39)31-32-48(46,40-29-17-6-18-30-40)34-42(44,37-23-11-3-12-24-37)38-25-13-4-14-26-38/h1-30,43-44H,31-34H2. The number of hydrogen-bond donors (Lipinski definition) is 2. The molecule has 242 valence electrons. The molecule has 0 radical (unpaired) electrons. The largest absolute Gasteiger partial charge is 0.380 e. The Morgan fingerprint density at radius 1 is 0.354 bits per heavy atom. The van der Waals surface area contributed by atoms with Gasteiger partial charge in [0.2, 0.25) is 0 Å². The summed E-state index contributed by atoms with van der Waals surface area (Å²) in [5.74, 6) is 0. The van der Waals surface area contributed by atoms with Crippen molar-refractivity contribution in [3.05, 3.63) is 204 Å². The number of hydrogen-bond acceptors (Lipinski definition) is 4. The second-order valence-corrected chi connectivity index (χ2v) is 18.5. The van der Waals surface area contributed by atoms with Crippen LogP contribution in [-0.4, -0.2) is 34.9 Å². The summed E-state index contributed by atoms with van der Waals surface area (Å²) in [7, 11) is -6.91. The molecule has 0 aliphatic rings. The van der Waals surface area contributed by atoms with Crippen molar-refractivity contribution in [2.75, 3.05) is 24.6 Å². The van der Waals surface area contributed by atoms with Gasteiger partial charge in [0.25, 0.3) is 0 Å². The first-order valence-electron chi connectivity index (χ1n) is 16.2. The molecule has 0 heterocycles.